The van der Waals surface area contributed by atoms with Gasteiger partial charge in [-0.15, -0.1) is 0 Å². The number of halogens is 3. The molecule has 0 bridgehead atoms. The molecular weight excluding hydrogens is 383 g/mol. The summed E-state index contributed by atoms with van der Waals surface area (Å²) in [5.41, 5.74) is 2.65. The lowest BCUT2D eigenvalue weighted by Crippen LogP contribution is -2.39. The van der Waals surface area contributed by atoms with Crippen LogP contribution < -0.4 is 10.6 Å². The number of amides is 2. The molecule has 0 saturated heterocycles. The smallest absolute Gasteiger partial charge is 0.346 e. The topological polar surface area (TPSA) is 61.4 Å². The molecule has 0 saturated carbocycles. The molecule has 0 aliphatic rings. The van der Waals surface area contributed by atoms with Crippen molar-refractivity contribution in [3.05, 3.63) is 64.7 Å². The highest BCUT2D eigenvalue weighted by Crippen LogP contribution is 2.29. The lowest BCUT2D eigenvalue weighted by atomic mass is 10.1. The number of carbonyl (C=O) groups is 2. The van der Waals surface area contributed by atoms with Gasteiger partial charge in [-0.25, -0.2) is 0 Å². The number of nitrogens with zero attached hydrogens (tertiary/aromatic N) is 1. The molecule has 2 rings (SSSR count). The monoisotopic (exact) mass is 407 g/mol. The van der Waals surface area contributed by atoms with E-state index in [-0.39, 0.29) is 24.9 Å². The van der Waals surface area contributed by atoms with Gasteiger partial charge < -0.3 is 10.6 Å². The van der Waals surface area contributed by atoms with Gasteiger partial charge in [0.05, 0.1) is 18.7 Å². The zero-order valence-corrected chi connectivity index (χ0v) is 16.6. The van der Waals surface area contributed by atoms with Crippen LogP contribution in [0.5, 0.6) is 0 Å². The molecule has 5 nitrogen and oxygen atoms in total. The van der Waals surface area contributed by atoms with E-state index in [0.29, 0.717) is 17.8 Å². The van der Waals surface area contributed by atoms with Crippen LogP contribution in [0.4, 0.5) is 18.9 Å². The van der Waals surface area contributed by atoms with Crippen molar-refractivity contribution in [1.29, 1.82) is 0 Å². The third-order valence-corrected chi connectivity index (χ3v) is 4.47. The maximum atomic E-state index is 12.6. The molecule has 0 fully saturated rings. The molecule has 0 unspecified atom stereocenters. The van der Waals surface area contributed by atoms with Gasteiger partial charge in [0.15, 0.2) is 0 Å². The lowest BCUT2D eigenvalue weighted by molar-refractivity contribution is -0.137. The van der Waals surface area contributed by atoms with E-state index < -0.39 is 11.7 Å². The molecule has 0 atom stereocenters. The summed E-state index contributed by atoms with van der Waals surface area (Å²) in [6.07, 6.45) is -4.37. The first kappa shape index (κ1) is 22.4. The van der Waals surface area contributed by atoms with Gasteiger partial charge >= 0.3 is 6.18 Å². The third kappa shape index (κ3) is 6.90. The summed E-state index contributed by atoms with van der Waals surface area (Å²) >= 11 is 0. The van der Waals surface area contributed by atoms with Crippen LogP contribution in [-0.4, -0.2) is 36.9 Å². The van der Waals surface area contributed by atoms with Gasteiger partial charge in [-0.05, 0) is 55.8 Å². The summed E-state index contributed by atoms with van der Waals surface area (Å²) in [5, 5.41) is 5.30. The Morgan fingerprint density at radius 3 is 2.28 bits per heavy atom. The number of benzene rings is 2. The van der Waals surface area contributed by atoms with Crippen molar-refractivity contribution in [1.82, 2.24) is 10.2 Å². The minimum absolute atomic E-state index is 0.0117. The van der Waals surface area contributed by atoms with E-state index in [4.69, 9.17) is 0 Å². The third-order valence-electron chi connectivity index (χ3n) is 4.47. The van der Waals surface area contributed by atoms with E-state index in [9.17, 15) is 22.8 Å². The van der Waals surface area contributed by atoms with Gasteiger partial charge in [0.2, 0.25) is 11.8 Å². The molecule has 2 amide bonds. The van der Waals surface area contributed by atoms with Crippen LogP contribution in [0.2, 0.25) is 0 Å². The van der Waals surface area contributed by atoms with Gasteiger partial charge in [0.1, 0.15) is 0 Å². The second kappa shape index (κ2) is 9.56. The Morgan fingerprint density at radius 1 is 1.00 bits per heavy atom. The molecule has 0 heterocycles. The largest absolute Gasteiger partial charge is 0.416 e. The highest BCUT2D eigenvalue weighted by Gasteiger charge is 2.29. The van der Waals surface area contributed by atoms with Crippen LogP contribution in [0.15, 0.2) is 42.5 Å². The molecule has 0 radical (unpaired) electrons. The van der Waals surface area contributed by atoms with E-state index >= 15 is 0 Å². The Balaban J connectivity index is 1.78. The molecule has 0 aromatic heterocycles. The number of hydrogen-bond acceptors (Lipinski definition) is 3. The molecular formula is C21H24F3N3O2. The summed E-state index contributed by atoms with van der Waals surface area (Å²) < 4.78 is 37.8. The molecule has 0 aliphatic carbocycles. The van der Waals surface area contributed by atoms with Crippen LogP contribution in [0, 0.1) is 13.8 Å². The number of aryl methyl sites for hydroxylation is 1. The molecule has 0 aliphatic heterocycles. The van der Waals surface area contributed by atoms with Crippen molar-refractivity contribution < 1.29 is 22.8 Å². The second-order valence-corrected chi connectivity index (χ2v) is 6.94. The second-order valence-electron chi connectivity index (χ2n) is 6.94. The summed E-state index contributed by atoms with van der Waals surface area (Å²) in [7, 11) is 1.67. The number of alkyl halides is 3. The highest BCUT2D eigenvalue weighted by molar-refractivity contribution is 5.95. The lowest BCUT2D eigenvalue weighted by Gasteiger charge is -2.17. The van der Waals surface area contributed by atoms with Crippen molar-refractivity contribution in [3.8, 4) is 0 Å². The minimum atomic E-state index is -4.37. The zero-order chi connectivity index (χ0) is 21.6. The van der Waals surface area contributed by atoms with Crippen molar-refractivity contribution in [2.75, 3.05) is 25.5 Å². The van der Waals surface area contributed by atoms with Crippen LogP contribution >= 0.6 is 0 Å². The summed E-state index contributed by atoms with van der Waals surface area (Å²) in [6, 6.07) is 10.4. The first-order valence-electron chi connectivity index (χ1n) is 9.03. The molecule has 8 heteroatoms. The predicted octanol–water partition coefficient (Wildman–Crippen LogP) is 3.51. The van der Waals surface area contributed by atoms with Crippen molar-refractivity contribution in [2.24, 2.45) is 0 Å². The maximum Gasteiger partial charge on any atom is 0.416 e. The number of likely N-dealkylation sites (N-methyl/N-ethyl adjacent to an activating group) is 1. The normalized spacial score (nSPS) is 11.4. The summed E-state index contributed by atoms with van der Waals surface area (Å²) in [6.45, 7) is 4.00. The Labute approximate surface area is 167 Å². The van der Waals surface area contributed by atoms with Gasteiger partial charge in [-0.1, -0.05) is 24.3 Å². The first-order chi connectivity index (χ1) is 13.6. The SMILES string of the molecule is Cc1cccc(NC(=O)CNC(=O)CN(C)Cc2ccc(C(F)(F)F)cc2)c1C. The number of hydrogen-bond donors (Lipinski definition) is 2. The van der Waals surface area contributed by atoms with Crippen LogP contribution in [-0.2, 0) is 22.3 Å². The predicted molar refractivity (Wildman–Crippen MR) is 105 cm³/mol. The molecule has 2 aromatic rings. The summed E-state index contributed by atoms with van der Waals surface area (Å²) in [5.74, 6) is -0.687. The molecule has 29 heavy (non-hydrogen) atoms. The summed E-state index contributed by atoms with van der Waals surface area (Å²) in [4.78, 5) is 25.7. The fourth-order valence-corrected chi connectivity index (χ4v) is 2.73. The van der Waals surface area contributed by atoms with Crippen molar-refractivity contribution in [2.45, 2.75) is 26.6 Å². The fraction of sp³-hybridized carbons (Fsp3) is 0.333. The molecule has 156 valence electrons. The molecule has 0 spiro atoms. The number of nitrogens with one attached hydrogen (secondary N) is 2. The quantitative estimate of drug-likeness (QED) is 0.739. The standard InChI is InChI=1S/C21H24F3N3O2/c1-14-5-4-6-18(15(14)2)26-19(28)11-25-20(29)13-27(3)12-16-7-9-17(10-8-16)21(22,23)24/h4-10H,11-13H2,1-3H3,(H,25,29)(H,26,28). The number of anilines is 1. The fourth-order valence-electron chi connectivity index (χ4n) is 2.73. The average Bonchev–Trinajstić information content (AvgIpc) is 2.63. The number of carbonyl (C=O) groups excluding carboxylic acids is 2. The Morgan fingerprint density at radius 2 is 1.66 bits per heavy atom. The van der Waals surface area contributed by atoms with Gasteiger partial charge in [0, 0.05) is 12.2 Å². The van der Waals surface area contributed by atoms with Gasteiger partial charge in [-0.2, -0.15) is 13.2 Å². The van der Waals surface area contributed by atoms with E-state index in [0.717, 1.165) is 23.3 Å². The Kier molecular flexibility index (Phi) is 7.39. The van der Waals surface area contributed by atoms with Crippen LogP contribution in [0.25, 0.3) is 0 Å². The maximum absolute atomic E-state index is 12.6. The molecule has 2 aromatic carbocycles. The number of rotatable bonds is 7. The zero-order valence-electron chi connectivity index (χ0n) is 16.6. The minimum Gasteiger partial charge on any atom is -0.346 e. The van der Waals surface area contributed by atoms with E-state index in [1.807, 2.05) is 26.0 Å². The van der Waals surface area contributed by atoms with Gasteiger partial charge in [0.25, 0.3) is 0 Å². The van der Waals surface area contributed by atoms with Gasteiger partial charge in [-0.3, -0.25) is 14.5 Å². The van der Waals surface area contributed by atoms with Crippen molar-refractivity contribution >= 4 is 17.5 Å². The first-order valence-corrected chi connectivity index (χ1v) is 9.03. The van der Waals surface area contributed by atoms with E-state index in [1.165, 1.54) is 12.1 Å². The van der Waals surface area contributed by atoms with E-state index in [2.05, 4.69) is 10.6 Å². The van der Waals surface area contributed by atoms with Crippen LogP contribution in [0.1, 0.15) is 22.3 Å². The van der Waals surface area contributed by atoms with E-state index in [1.54, 1.807) is 18.0 Å². The average molecular weight is 407 g/mol. The Bertz CT molecular complexity index is 864. The highest BCUT2D eigenvalue weighted by atomic mass is 19.4. The van der Waals surface area contributed by atoms with Crippen LogP contribution in [0.3, 0.4) is 0 Å². The Hall–Kier alpha value is -2.87. The van der Waals surface area contributed by atoms with Crippen molar-refractivity contribution in [3.63, 3.8) is 0 Å². The molecule has 2 N–H and O–H groups in total.